The fourth-order valence-corrected chi connectivity index (χ4v) is 1.22. The molecule has 1 aromatic carbocycles. The third kappa shape index (κ3) is 3.64. The zero-order chi connectivity index (χ0) is 12.2. The largest absolute Gasteiger partial charge is 0.462 e. The molecule has 17 heavy (non-hydrogen) atoms. The lowest BCUT2D eigenvalue weighted by atomic mass is 10.0. The van der Waals surface area contributed by atoms with Gasteiger partial charge in [-0.1, -0.05) is 30.3 Å². The molecule has 3 nitrogen and oxygen atoms in total. The first kappa shape index (κ1) is 15.8. The lowest BCUT2D eigenvalue weighted by Crippen LogP contribution is -2.41. The number of alkyl halides is 2. The van der Waals surface area contributed by atoms with Crippen molar-refractivity contribution in [1.82, 2.24) is 0 Å². The second kappa shape index (κ2) is 6.51. The van der Waals surface area contributed by atoms with E-state index >= 15 is 0 Å². The van der Waals surface area contributed by atoms with Crippen molar-refractivity contribution in [2.75, 3.05) is 6.61 Å². The molecule has 1 rings (SSSR count). The number of ether oxygens (including phenoxy) is 1. The van der Waals surface area contributed by atoms with Gasteiger partial charge in [0.05, 0.1) is 6.61 Å². The summed E-state index contributed by atoms with van der Waals surface area (Å²) in [6.45, 7) is 1.36. The topological polar surface area (TPSA) is 52.3 Å². The van der Waals surface area contributed by atoms with Crippen molar-refractivity contribution in [3.8, 4) is 0 Å². The Morgan fingerprint density at radius 3 is 2.41 bits per heavy atom. The average Bonchev–Trinajstić information content (AvgIpc) is 2.29. The fourth-order valence-electron chi connectivity index (χ4n) is 1.22. The van der Waals surface area contributed by atoms with Gasteiger partial charge in [0.25, 0.3) is 0 Å². The maximum absolute atomic E-state index is 13.5. The number of rotatable bonds is 4. The second-order valence-electron chi connectivity index (χ2n) is 3.23. The first-order chi connectivity index (χ1) is 7.50. The zero-order valence-corrected chi connectivity index (χ0v) is 10.0. The van der Waals surface area contributed by atoms with Crippen LogP contribution in [-0.2, 0) is 9.53 Å². The van der Waals surface area contributed by atoms with Gasteiger partial charge in [0.2, 0.25) is 0 Å². The molecule has 2 N–H and O–H groups in total. The van der Waals surface area contributed by atoms with Gasteiger partial charge in [-0.15, -0.1) is 12.4 Å². The predicted octanol–water partition coefficient (Wildman–Crippen LogP) is 2.31. The molecule has 0 aliphatic heterocycles. The Kier molecular flexibility index (Phi) is 6.05. The van der Waals surface area contributed by atoms with Crippen LogP contribution in [-0.4, -0.2) is 18.5 Å². The van der Waals surface area contributed by atoms with Gasteiger partial charge in [-0.3, -0.25) is 0 Å². The molecule has 0 aliphatic carbocycles. The molecule has 1 aromatic rings. The van der Waals surface area contributed by atoms with Crippen LogP contribution in [0, 0.1) is 0 Å². The summed E-state index contributed by atoms with van der Waals surface area (Å²) in [5, 5.41) is 0. The molecule has 0 saturated heterocycles. The van der Waals surface area contributed by atoms with Gasteiger partial charge < -0.3 is 10.5 Å². The smallest absolute Gasteiger partial charge is 0.379 e. The number of hydrogen-bond donors (Lipinski definition) is 1. The summed E-state index contributed by atoms with van der Waals surface area (Å²) in [6.07, 6.45) is 0. The number of carbonyl (C=O) groups is 1. The summed E-state index contributed by atoms with van der Waals surface area (Å²) in [6, 6.07) is 6.04. The standard InChI is InChI=1S/C11H13F2NO2.ClH/c1-2-16-10(15)11(12,13)9(14)8-6-4-3-5-7-8;/h3-7,9H,2,14H2,1H3;1H. The maximum atomic E-state index is 13.5. The van der Waals surface area contributed by atoms with E-state index in [2.05, 4.69) is 4.74 Å². The maximum Gasteiger partial charge on any atom is 0.379 e. The summed E-state index contributed by atoms with van der Waals surface area (Å²) in [4.78, 5) is 11.0. The van der Waals surface area contributed by atoms with Crippen molar-refractivity contribution in [2.45, 2.75) is 18.9 Å². The van der Waals surface area contributed by atoms with Crippen molar-refractivity contribution in [1.29, 1.82) is 0 Å². The normalized spacial score (nSPS) is 12.5. The summed E-state index contributed by atoms with van der Waals surface area (Å²) < 4.78 is 31.2. The highest BCUT2D eigenvalue weighted by molar-refractivity contribution is 5.85. The van der Waals surface area contributed by atoms with Crippen molar-refractivity contribution in [3.05, 3.63) is 35.9 Å². The first-order valence-corrected chi connectivity index (χ1v) is 4.85. The molecular formula is C11H14ClF2NO2. The van der Waals surface area contributed by atoms with Gasteiger partial charge in [0.1, 0.15) is 6.04 Å². The Hall–Kier alpha value is -1.20. The monoisotopic (exact) mass is 265 g/mol. The molecule has 0 fully saturated rings. The number of benzene rings is 1. The highest BCUT2D eigenvalue weighted by Crippen LogP contribution is 2.30. The minimum Gasteiger partial charge on any atom is -0.462 e. The van der Waals surface area contributed by atoms with Gasteiger partial charge >= 0.3 is 11.9 Å². The average molecular weight is 266 g/mol. The van der Waals surface area contributed by atoms with Crippen LogP contribution in [0.3, 0.4) is 0 Å². The SMILES string of the molecule is CCOC(=O)C(F)(F)C(N)c1ccccc1.Cl. The molecule has 6 heteroatoms. The highest BCUT2D eigenvalue weighted by Gasteiger charge is 2.47. The summed E-state index contributed by atoms with van der Waals surface area (Å²) in [5.41, 5.74) is 5.55. The number of esters is 1. The van der Waals surface area contributed by atoms with E-state index in [9.17, 15) is 13.6 Å². The van der Waals surface area contributed by atoms with E-state index in [1.54, 1.807) is 18.2 Å². The quantitative estimate of drug-likeness (QED) is 0.850. The molecular weight excluding hydrogens is 252 g/mol. The van der Waals surface area contributed by atoms with Crippen LogP contribution in [0.2, 0.25) is 0 Å². The Morgan fingerprint density at radius 1 is 1.41 bits per heavy atom. The fraction of sp³-hybridized carbons (Fsp3) is 0.364. The Labute approximate surface area is 104 Å². The molecule has 1 atom stereocenters. The van der Waals surface area contributed by atoms with Crippen LogP contribution in [0.5, 0.6) is 0 Å². The minimum atomic E-state index is -3.71. The predicted molar refractivity (Wildman–Crippen MR) is 62.2 cm³/mol. The third-order valence-electron chi connectivity index (χ3n) is 2.10. The number of carbonyl (C=O) groups excluding carboxylic acids is 1. The van der Waals surface area contributed by atoms with Gasteiger partial charge in [-0.25, -0.2) is 4.79 Å². The van der Waals surface area contributed by atoms with Crippen LogP contribution in [0.1, 0.15) is 18.5 Å². The number of nitrogens with two attached hydrogens (primary N) is 1. The van der Waals surface area contributed by atoms with E-state index in [0.29, 0.717) is 0 Å². The Morgan fingerprint density at radius 2 is 1.94 bits per heavy atom. The first-order valence-electron chi connectivity index (χ1n) is 4.85. The lowest BCUT2D eigenvalue weighted by molar-refractivity contribution is -0.174. The molecule has 0 amide bonds. The third-order valence-corrected chi connectivity index (χ3v) is 2.10. The Bertz CT molecular complexity index is 360. The van der Waals surface area contributed by atoms with E-state index in [4.69, 9.17) is 5.73 Å². The molecule has 0 aliphatic rings. The van der Waals surface area contributed by atoms with Crippen LogP contribution in [0.25, 0.3) is 0 Å². The van der Waals surface area contributed by atoms with Crippen LogP contribution in [0.15, 0.2) is 30.3 Å². The number of hydrogen-bond acceptors (Lipinski definition) is 3. The van der Waals surface area contributed by atoms with E-state index in [1.165, 1.54) is 19.1 Å². The summed E-state index contributed by atoms with van der Waals surface area (Å²) in [5.74, 6) is -5.30. The molecule has 96 valence electrons. The van der Waals surface area contributed by atoms with Crippen LogP contribution in [0.4, 0.5) is 8.78 Å². The molecule has 0 bridgehead atoms. The van der Waals surface area contributed by atoms with E-state index in [0.717, 1.165) is 0 Å². The lowest BCUT2D eigenvalue weighted by Gasteiger charge is -2.21. The molecule has 0 heterocycles. The molecule has 0 radical (unpaired) electrons. The van der Waals surface area contributed by atoms with E-state index < -0.39 is 17.9 Å². The van der Waals surface area contributed by atoms with Gasteiger partial charge in [0.15, 0.2) is 0 Å². The molecule has 0 spiro atoms. The van der Waals surface area contributed by atoms with Gasteiger partial charge in [0, 0.05) is 0 Å². The van der Waals surface area contributed by atoms with Crippen LogP contribution < -0.4 is 5.73 Å². The zero-order valence-electron chi connectivity index (χ0n) is 9.23. The summed E-state index contributed by atoms with van der Waals surface area (Å²) >= 11 is 0. The minimum absolute atomic E-state index is 0. The highest BCUT2D eigenvalue weighted by atomic mass is 35.5. The molecule has 0 aromatic heterocycles. The number of halogens is 3. The summed E-state index contributed by atoms with van der Waals surface area (Å²) in [7, 11) is 0. The van der Waals surface area contributed by atoms with Gasteiger partial charge in [-0.2, -0.15) is 8.78 Å². The molecule has 0 saturated carbocycles. The van der Waals surface area contributed by atoms with E-state index in [1.807, 2.05) is 0 Å². The van der Waals surface area contributed by atoms with Crippen molar-refractivity contribution in [3.63, 3.8) is 0 Å². The van der Waals surface area contributed by atoms with Crippen molar-refractivity contribution in [2.24, 2.45) is 5.73 Å². The van der Waals surface area contributed by atoms with Crippen molar-refractivity contribution >= 4 is 18.4 Å². The molecule has 1 unspecified atom stereocenters. The second-order valence-corrected chi connectivity index (χ2v) is 3.23. The van der Waals surface area contributed by atoms with E-state index in [-0.39, 0.29) is 24.6 Å². The van der Waals surface area contributed by atoms with Crippen LogP contribution >= 0.6 is 12.4 Å². The van der Waals surface area contributed by atoms with Gasteiger partial charge in [-0.05, 0) is 12.5 Å². The Balaban J connectivity index is 0.00000256. The van der Waals surface area contributed by atoms with Crippen molar-refractivity contribution < 1.29 is 18.3 Å².